The predicted molar refractivity (Wildman–Crippen MR) is 40.0 cm³/mol. The minimum Gasteiger partial charge on any atom is -0.352 e. The Morgan fingerprint density at radius 1 is 1.18 bits per heavy atom. The summed E-state index contributed by atoms with van der Waals surface area (Å²) >= 11 is 0. The highest BCUT2D eigenvalue weighted by Gasteiger charge is 2.52. The number of hydrogen-bond donors (Lipinski definition) is 0. The van der Waals surface area contributed by atoms with Crippen molar-refractivity contribution in [2.45, 2.75) is 32.2 Å². The van der Waals surface area contributed by atoms with Gasteiger partial charge >= 0.3 is 0 Å². The van der Waals surface area contributed by atoms with E-state index in [1.54, 1.807) is 0 Å². The fourth-order valence-corrected chi connectivity index (χ4v) is 3.01. The van der Waals surface area contributed by atoms with Crippen molar-refractivity contribution >= 4 is 0 Å². The zero-order chi connectivity index (χ0) is 7.42. The highest BCUT2D eigenvalue weighted by Crippen LogP contribution is 2.49. The van der Waals surface area contributed by atoms with Crippen molar-refractivity contribution in [1.82, 2.24) is 0 Å². The van der Waals surface area contributed by atoms with E-state index >= 15 is 0 Å². The molecule has 2 nitrogen and oxygen atoms in total. The molecule has 0 amide bonds. The van der Waals surface area contributed by atoms with E-state index in [1.165, 1.54) is 12.8 Å². The number of hydrogen-bond acceptors (Lipinski definition) is 2. The van der Waals surface area contributed by atoms with Gasteiger partial charge in [-0.15, -0.1) is 0 Å². The van der Waals surface area contributed by atoms with Gasteiger partial charge in [0.2, 0.25) is 0 Å². The second-order valence-corrected chi connectivity index (χ2v) is 4.14. The molecule has 3 saturated heterocycles. The van der Waals surface area contributed by atoms with Crippen LogP contribution in [0.3, 0.4) is 0 Å². The fraction of sp³-hybridized carbons (Fsp3) is 1.00. The third kappa shape index (κ3) is 0.695. The van der Waals surface area contributed by atoms with Crippen LogP contribution in [0.15, 0.2) is 0 Å². The van der Waals surface area contributed by atoms with E-state index in [4.69, 9.17) is 9.47 Å². The van der Waals surface area contributed by atoms with Gasteiger partial charge in [0, 0.05) is 11.8 Å². The average Bonchev–Trinajstić information content (AvgIpc) is 2.39. The number of rotatable bonds is 0. The van der Waals surface area contributed by atoms with Gasteiger partial charge in [-0.3, -0.25) is 0 Å². The lowest BCUT2D eigenvalue weighted by Gasteiger charge is -2.46. The SMILES string of the molecule is CC1C2OCC3C(CCC13)O2. The minimum absolute atomic E-state index is 0.137. The van der Waals surface area contributed by atoms with Gasteiger partial charge in [0.25, 0.3) is 0 Å². The summed E-state index contributed by atoms with van der Waals surface area (Å²) in [6.07, 6.45) is 3.34. The Bertz CT molecular complexity index is 176. The van der Waals surface area contributed by atoms with Gasteiger partial charge in [-0.2, -0.15) is 0 Å². The molecule has 3 aliphatic heterocycles. The molecule has 4 aliphatic rings. The van der Waals surface area contributed by atoms with E-state index in [-0.39, 0.29) is 6.29 Å². The molecule has 4 bridgehead atoms. The van der Waals surface area contributed by atoms with Crippen LogP contribution >= 0.6 is 0 Å². The molecule has 11 heavy (non-hydrogen) atoms. The summed E-state index contributed by atoms with van der Waals surface area (Å²) in [5, 5.41) is 0. The molecule has 2 heteroatoms. The molecule has 0 spiro atoms. The Morgan fingerprint density at radius 3 is 2.91 bits per heavy atom. The van der Waals surface area contributed by atoms with Crippen LogP contribution in [0, 0.1) is 17.8 Å². The largest absolute Gasteiger partial charge is 0.352 e. The first-order chi connectivity index (χ1) is 5.36. The standard InChI is InChI=1S/C9H14O2/c1-5-6-2-3-8-7(6)4-10-9(5)11-8/h5-9H,2-4H2,1H3. The van der Waals surface area contributed by atoms with E-state index in [0.29, 0.717) is 12.0 Å². The molecule has 0 aromatic rings. The Morgan fingerprint density at radius 2 is 2.09 bits per heavy atom. The maximum absolute atomic E-state index is 5.77. The molecule has 0 aromatic carbocycles. The van der Waals surface area contributed by atoms with E-state index in [9.17, 15) is 0 Å². The van der Waals surface area contributed by atoms with Gasteiger partial charge in [0.15, 0.2) is 6.29 Å². The average molecular weight is 154 g/mol. The van der Waals surface area contributed by atoms with Crippen LogP contribution in [-0.2, 0) is 9.47 Å². The summed E-state index contributed by atoms with van der Waals surface area (Å²) in [5.41, 5.74) is 0. The minimum atomic E-state index is 0.137. The summed E-state index contributed by atoms with van der Waals surface area (Å²) < 4.78 is 11.3. The van der Waals surface area contributed by atoms with Gasteiger partial charge in [-0.05, 0) is 18.8 Å². The van der Waals surface area contributed by atoms with E-state index < -0.39 is 0 Å². The monoisotopic (exact) mass is 154 g/mol. The summed E-state index contributed by atoms with van der Waals surface area (Å²) in [6, 6.07) is 0. The zero-order valence-corrected chi connectivity index (χ0v) is 6.82. The Balaban J connectivity index is 1.96. The fourth-order valence-electron chi connectivity index (χ4n) is 3.01. The molecule has 0 radical (unpaired) electrons. The van der Waals surface area contributed by atoms with E-state index in [2.05, 4.69) is 6.92 Å². The maximum atomic E-state index is 5.77. The molecule has 1 saturated carbocycles. The van der Waals surface area contributed by atoms with Crippen molar-refractivity contribution in [2.75, 3.05) is 6.61 Å². The molecule has 3 heterocycles. The number of fused-ring (bicyclic) bond motifs is 1. The summed E-state index contributed by atoms with van der Waals surface area (Å²) in [5.74, 6) is 2.29. The first-order valence-corrected chi connectivity index (χ1v) is 4.63. The van der Waals surface area contributed by atoms with Crippen molar-refractivity contribution in [3.05, 3.63) is 0 Å². The molecule has 0 N–H and O–H groups in total. The van der Waals surface area contributed by atoms with Crippen molar-refractivity contribution in [3.63, 3.8) is 0 Å². The summed E-state index contributed by atoms with van der Waals surface area (Å²) in [4.78, 5) is 0. The van der Waals surface area contributed by atoms with Gasteiger partial charge in [0.05, 0.1) is 12.7 Å². The summed E-state index contributed by atoms with van der Waals surface area (Å²) in [7, 11) is 0. The molecule has 1 aliphatic carbocycles. The van der Waals surface area contributed by atoms with Crippen molar-refractivity contribution < 1.29 is 9.47 Å². The lowest BCUT2D eigenvalue weighted by atomic mass is 9.80. The molecule has 4 rings (SSSR count). The van der Waals surface area contributed by atoms with E-state index in [0.717, 1.165) is 18.4 Å². The van der Waals surface area contributed by atoms with Crippen LogP contribution in [0.4, 0.5) is 0 Å². The lowest BCUT2D eigenvalue weighted by molar-refractivity contribution is -0.294. The van der Waals surface area contributed by atoms with Crippen molar-refractivity contribution in [1.29, 1.82) is 0 Å². The molecular formula is C9H14O2. The van der Waals surface area contributed by atoms with Gasteiger partial charge in [0.1, 0.15) is 0 Å². The summed E-state index contributed by atoms with van der Waals surface area (Å²) in [6.45, 7) is 3.23. The highest BCUT2D eigenvalue weighted by atomic mass is 16.7. The van der Waals surface area contributed by atoms with Crippen molar-refractivity contribution in [2.24, 2.45) is 17.8 Å². The van der Waals surface area contributed by atoms with E-state index in [1.807, 2.05) is 0 Å². The first kappa shape index (κ1) is 6.44. The topological polar surface area (TPSA) is 18.5 Å². The predicted octanol–water partition coefficient (Wildman–Crippen LogP) is 1.40. The zero-order valence-electron chi connectivity index (χ0n) is 6.82. The molecule has 5 atom stereocenters. The molecule has 4 fully saturated rings. The maximum Gasteiger partial charge on any atom is 0.160 e. The molecular weight excluding hydrogens is 140 g/mol. The molecule has 0 aromatic heterocycles. The van der Waals surface area contributed by atoms with Crippen LogP contribution in [0.5, 0.6) is 0 Å². The second-order valence-electron chi connectivity index (χ2n) is 4.14. The first-order valence-electron chi connectivity index (χ1n) is 4.63. The smallest absolute Gasteiger partial charge is 0.160 e. The van der Waals surface area contributed by atoms with Crippen LogP contribution in [0.1, 0.15) is 19.8 Å². The van der Waals surface area contributed by atoms with Gasteiger partial charge < -0.3 is 9.47 Å². The second kappa shape index (κ2) is 1.99. The molecule has 62 valence electrons. The third-order valence-electron chi connectivity index (χ3n) is 3.68. The quantitative estimate of drug-likeness (QED) is 0.525. The van der Waals surface area contributed by atoms with Crippen LogP contribution in [0.2, 0.25) is 0 Å². The highest BCUT2D eigenvalue weighted by molar-refractivity contribution is 4.96. The van der Waals surface area contributed by atoms with Crippen LogP contribution in [0.25, 0.3) is 0 Å². The normalized spacial score (nSPS) is 60.3. The Labute approximate surface area is 66.9 Å². The lowest BCUT2D eigenvalue weighted by Crippen LogP contribution is -2.50. The Kier molecular flexibility index (Phi) is 1.16. The third-order valence-corrected chi connectivity index (χ3v) is 3.68. The van der Waals surface area contributed by atoms with Gasteiger partial charge in [-0.25, -0.2) is 0 Å². The number of ether oxygens (including phenoxy) is 2. The van der Waals surface area contributed by atoms with Gasteiger partial charge in [-0.1, -0.05) is 6.92 Å². The van der Waals surface area contributed by atoms with Crippen LogP contribution < -0.4 is 0 Å². The molecule has 5 unspecified atom stereocenters. The Hall–Kier alpha value is -0.0800. The van der Waals surface area contributed by atoms with Crippen LogP contribution in [-0.4, -0.2) is 19.0 Å². The van der Waals surface area contributed by atoms with Crippen molar-refractivity contribution in [3.8, 4) is 0 Å².